The molecule has 3 heterocycles. The van der Waals surface area contributed by atoms with Crippen molar-refractivity contribution in [3.05, 3.63) is 57.9 Å². The second kappa shape index (κ2) is 5.53. The van der Waals surface area contributed by atoms with Gasteiger partial charge in [0.1, 0.15) is 5.75 Å². The highest BCUT2D eigenvalue weighted by atomic mass is 16.5. The molecule has 0 bridgehead atoms. The number of ether oxygens (including phenoxy) is 2. The highest BCUT2D eigenvalue weighted by Crippen LogP contribution is 2.46. The first-order valence-corrected chi connectivity index (χ1v) is 8.87. The summed E-state index contributed by atoms with van der Waals surface area (Å²) in [5.41, 5.74) is 5.71. The molecule has 5 heteroatoms. The molecule has 26 heavy (non-hydrogen) atoms. The molecule has 0 unspecified atom stereocenters. The van der Waals surface area contributed by atoms with Crippen molar-refractivity contribution >= 4 is 11.3 Å². The lowest BCUT2D eigenvalue weighted by Gasteiger charge is -2.38. The van der Waals surface area contributed by atoms with E-state index in [1.165, 1.54) is 16.5 Å². The largest absolute Gasteiger partial charge is 0.504 e. The van der Waals surface area contributed by atoms with Crippen molar-refractivity contribution in [2.24, 2.45) is 4.99 Å². The number of hydrogen-bond acceptors (Lipinski definition) is 5. The first-order chi connectivity index (χ1) is 12.7. The summed E-state index contributed by atoms with van der Waals surface area (Å²) in [5.74, 6) is 1.63. The molecule has 3 aliphatic rings. The molecule has 0 saturated heterocycles. The van der Waals surface area contributed by atoms with Crippen LogP contribution in [0.3, 0.4) is 0 Å². The summed E-state index contributed by atoms with van der Waals surface area (Å²) in [6.07, 6.45) is 2.59. The smallest absolute Gasteiger partial charge is 0.163 e. The van der Waals surface area contributed by atoms with Crippen LogP contribution in [-0.2, 0) is 6.42 Å². The van der Waals surface area contributed by atoms with Crippen molar-refractivity contribution in [3.8, 4) is 17.2 Å². The lowest BCUT2D eigenvalue weighted by atomic mass is 9.91. The maximum atomic E-state index is 10.5. The van der Waals surface area contributed by atoms with Gasteiger partial charge < -0.3 is 19.5 Å². The Kier molecular flexibility index (Phi) is 3.26. The van der Waals surface area contributed by atoms with E-state index in [1.54, 1.807) is 14.2 Å². The number of aromatic hydroxyl groups is 1. The van der Waals surface area contributed by atoms with Gasteiger partial charge in [0.05, 0.1) is 25.3 Å². The first kappa shape index (κ1) is 15.3. The van der Waals surface area contributed by atoms with Gasteiger partial charge in [-0.05, 0) is 49.1 Å². The Morgan fingerprint density at radius 2 is 1.92 bits per heavy atom. The molecule has 132 valence electrons. The van der Waals surface area contributed by atoms with Crippen molar-refractivity contribution in [3.63, 3.8) is 0 Å². The molecule has 0 spiro atoms. The van der Waals surface area contributed by atoms with Gasteiger partial charge in [0.25, 0.3) is 0 Å². The minimum atomic E-state index is 0.264. The van der Waals surface area contributed by atoms with E-state index in [0.29, 0.717) is 5.75 Å². The summed E-state index contributed by atoms with van der Waals surface area (Å²) in [5, 5.41) is 12.7. The van der Waals surface area contributed by atoms with Crippen LogP contribution in [-0.4, -0.2) is 25.9 Å². The number of benzene rings is 2. The highest BCUT2D eigenvalue weighted by molar-refractivity contribution is 5.77. The number of hydrogen-bond donors (Lipinski definition) is 1. The molecule has 2 aromatic carbocycles. The Balaban J connectivity index is 1.68. The molecule has 0 fully saturated rings. The van der Waals surface area contributed by atoms with Crippen molar-refractivity contribution in [1.29, 1.82) is 0 Å². The van der Waals surface area contributed by atoms with Crippen LogP contribution >= 0.6 is 0 Å². The predicted molar refractivity (Wildman–Crippen MR) is 99.2 cm³/mol. The summed E-state index contributed by atoms with van der Waals surface area (Å²) in [6.45, 7) is 0.897. The number of fused-ring (bicyclic) bond motifs is 5. The Bertz CT molecular complexity index is 1090. The predicted octanol–water partition coefficient (Wildman–Crippen LogP) is 2.26. The molecule has 0 aliphatic carbocycles. The number of methoxy groups -OCH3 is 2. The second-order valence-electron chi connectivity index (χ2n) is 6.78. The van der Waals surface area contributed by atoms with E-state index in [-0.39, 0.29) is 5.75 Å². The van der Waals surface area contributed by atoms with Crippen LogP contribution in [0.15, 0.2) is 46.7 Å². The van der Waals surface area contributed by atoms with Crippen LogP contribution in [0.25, 0.3) is 5.57 Å². The van der Waals surface area contributed by atoms with E-state index in [4.69, 9.17) is 14.5 Å². The molecule has 0 saturated carbocycles. The fourth-order valence-corrected chi connectivity index (χ4v) is 4.31. The molecule has 2 aromatic rings. The summed E-state index contributed by atoms with van der Waals surface area (Å²) < 4.78 is 10.6. The monoisotopic (exact) mass is 348 g/mol. The first-order valence-electron chi connectivity index (χ1n) is 8.87. The van der Waals surface area contributed by atoms with E-state index in [0.717, 1.165) is 53.9 Å². The van der Waals surface area contributed by atoms with E-state index < -0.39 is 0 Å². The van der Waals surface area contributed by atoms with Gasteiger partial charge in [0.2, 0.25) is 0 Å². The highest BCUT2D eigenvalue weighted by Gasteiger charge is 2.32. The summed E-state index contributed by atoms with van der Waals surface area (Å²) >= 11 is 0. The van der Waals surface area contributed by atoms with Gasteiger partial charge in [-0.1, -0.05) is 0 Å². The minimum absolute atomic E-state index is 0.264. The third-order valence-electron chi connectivity index (χ3n) is 5.58. The van der Waals surface area contributed by atoms with Crippen LogP contribution in [0.2, 0.25) is 0 Å². The van der Waals surface area contributed by atoms with Crippen LogP contribution in [0.4, 0.5) is 5.69 Å². The Hall–Kier alpha value is -2.95. The van der Waals surface area contributed by atoms with E-state index in [9.17, 15) is 5.11 Å². The topological polar surface area (TPSA) is 54.3 Å². The third-order valence-corrected chi connectivity index (χ3v) is 5.58. The Labute approximate surface area is 151 Å². The molecule has 0 radical (unpaired) electrons. The zero-order chi connectivity index (χ0) is 17.8. The van der Waals surface area contributed by atoms with Gasteiger partial charge in [-0.3, -0.25) is 0 Å². The number of phenols is 1. The van der Waals surface area contributed by atoms with E-state index in [2.05, 4.69) is 11.0 Å². The quantitative estimate of drug-likeness (QED) is 0.905. The molecule has 3 aliphatic heterocycles. The Morgan fingerprint density at radius 1 is 1.04 bits per heavy atom. The van der Waals surface area contributed by atoms with Crippen LogP contribution < -0.4 is 24.9 Å². The minimum Gasteiger partial charge on any atom is -0.504 e. The summed E-state index contributed by atoms with van der Waals surface area (Å²) in [4.78, 5) is 7.24. The normalized spacial score (nSPS) is 17.2. The van der Waals surface area contributed by atoms with Gasteiger partial charge in [-0.15, -0.1) is 0 Å². The Morgan fingerprint density at radius 3 is 2.73 bits per heavy atom. The average molecular weight is 348 g/mol. The maximum Gasteiger partial charge on any atom is 0.163 e. The lowest BCUT2D eigenvalue weighted by molar-refractivity contribution is 0.370. The standard InChI is InChI=1S/C21H20N2O3/c1-25-12-3-4-13-14-9-10-23-17-7-8-19(26-2)21(24)15(17)5-6-18(23)20(14)22-16(13)11-12/h3-4,7-8,11,24H,5-6,9-10H2,1-2H3. The second-order valence-corrected chi connectivity index (χ2v) is 6.78. The average Bonchev–Trinajstić information content (AvgIpc) is 3.06. The summed E-state index contributed by atoms with van der Waals surface area (Å²) in [7, 11) is 3.27. The van der Waals surface area contributed by atoms with Gasteiger partial charge >= 0.3 is 0 Å². The van der Waals surface area contributed by atoms with E-state index in [1.807, 2.05) is 24.3 Å². The van der Waals surface area contributed by atoms with Crippen LogP contribution in [0.5, 0.6) is 17.2 Å². The number of phenolic OH excluding ortho intramolecular Hbond substituents is 1. The van der Waals surface area contributed by atoms with Crippen molar-refractivity contribution in [2.45, 2.75) is 19.3 Å². The number of allylic oxidation sites excluding steroid dienone is 2. The lowest BCUT2D eigenvalue weighted by Crippen LogP contribution is -2.33. The van der Waals surface area contributed by atoms with Crippen LogP contribution in [0, 0.1) is 0 Å². The van der Waals surface area contributed by atoms with Gasteiger partial charge in [0, 0.05) is 34.8 Å². The molecule has 0 atom stereocenters. The third kappa shape index (κ3) is 2.00. The number of rotatable bonds is 2. The number of nitrogens with zero attached hydrogens (tertiary/aromatic N) is 2. The molecular weight excluding hydrogens is 328 g/mol. The zero-order valence-corrected chi connectivity index (χ0v) is 14.9. The molecule has 1 N–H and O–H groups in total. The van der Waals surface area contributed by atoms with Crippen molar-refractivity contribution < 1.29 is 14.6 Å². The fourth-order valence-electron chi connectivity index (χ4n) is 4.31. The molecule has 0 amide bonds. The van der Waals surface area contributed by atoms with Gasteiger partial charge in [-0.2, -0.15) is 0 Å². The van der Waals surface area contributed by atoms with Gasteiger partial charge in [0.15, 0.2) is 11.5 Å². The SMILES string of the molecule is COc1ccc2c(c1)=NC1=C3CCc4c(ccc(OC)c4O)N3CCC=21. The molecule has 5 nitrogen and oxygen atoms in total. The molecule has 0 aromatic heterocycles. The molecule has 5 rings (SSSR count). The van der Waals surface area contributed by atoms with Crippen molar-refractivity contribution in [1.82, 2.24) is 0 Å². The zero-order valence-electron chi connectivity index (χ0n) is 14.9. The van der Waals surface area contributed by atoms with Crippen molar-refractivity contribution in [2.75, 3.05) is 25.7 Å². The summed E-state index contributed by atoms with van der Waals surface area (Å²) in [6, 6.07) is 10.0. The van der Waals surface area contributed by atoms with Crippen LogP contribution in [0.1, 0.15) is 18.4 Å². The maximum absolute atomic E-state index is 10.5. The fraction of sp³-hybridized carbons (Fsp3) is 0.286. The van der Waals surface area contributed by atoms with Gasteiger partial charge in [-0.25, -0.2) is 4.99 Å². The van der Waals surface area contributed by atoms with E-state index >= 15 is 0 Å². The molecular formula is C21H20N2O3. The number of anilines is 1.